The zero-order valence-electron chi connectivity index (χ0n) is 7.54. The Hall–Kier alpha value is -0.900. The van der Waals surface area contributed by atoms with Gasteiger partial charge in [0.25, 0.3) is 0 Å². The van der Waals surface area contributed by atoms with Crippen molar-refractivity contribution < 1.29 is 4.79 Å². The average Bonchev–Trinajstić information content (AvgIpc) is 2.70. The van der Waals surface area contributed by atoms with Gasteiger partial charge in [-0.05, 0) is 12.8 Å². The molecular formula is C9H12N2OS. The van der Waals surface area contributed by atoms with Crippen LogP contribution in [0.2, 0.25) is 0 Å². The maximum Gasteiger partial charge on any atom is 0.226 e. The first-order valence-corrected chi connectivity index (χ1v) is 5.25. The van der Waals surface area contributed by atoms with E-state index in [0.717, 1.165) is 17.8 Å². The molecule has 1 saturated carbocycles. The molecule has 1 aliphatic rings. The molecule has 3 nitrogen and oxygen atoms in total. The Morgan fingerprint density at radius 3 is 3.08 bits per heavy atom. The molecule has 1 aromatic heterocycles. The Labute approximate surface area is 81.2 Å². The van der Waals surface area contributed by atoms with Crippen molar-refractivity contribution in [3.05, 3.63) is 16.6 Å². The third-order valence-electron chi connectivity index (χ3n) is 2.43. The summed E-state index contributed by atoms with van der Waals surface area (Å²) in [6, 6.07) is 0. The van der Waals surface area contributed by atoms with E-state index in [1.54, 1.807) is 17.5 Å². The Bertz CT molecular complexity index is 303. The molecule has 1 aromatic rings. The number of aromatic nitrogens is 1. The van der Waals surface area contributed by atoms with Crippen molar-refractivity contribution in [3.8, 4) is 0 Å². The van der Waals surface area contributed by atoms with Crippen LogP contribution in [0.15, 0.2) is 11.6 Å². The number of amides is 1. The second kappa shape index (κ2) is 3.10. The molecule has 1 N–H and O–H groups in total. The summed E-state index contributed by atoms with van der Waals surface area (Å²) in [4.78, 5) is 15.6. The van der Waals surface area contributed by atoms with Crippen LogP contribution in [-0.2, 0) is 11.3 Å². The number of carbonyl (C=O) groups is 1. The van der Waals surface area contributed by atoms with Gasteiger partial charge >= 0.3 is 0 Å². The second-order valence-electron chi connectivity index (χ2n) is 3.67. The molecular weight excluding hydrogens is 184 g/mol. The van der Waals surface area contributed by atoms with Crippen molar-refractivity contribution >= 4 is 17.2 Å². The van der Waals surface area contributed by atoms with E-state index in [1.165, 1.54) is 0 Å². The predicted molar refractivity (Wildman–Crippen MR) is 51.3 cm³/mol. The molecule has 0 spiro atoms. The minimum atomic E-state index is -0.0722. The molecule has 1 amide bonds. The van der Waals surface area contributed by atoms with E-state index in [2.05, 4.69) is 10.3 Å². The van der Waals surface area contributed by atoms with E-state index in [9.17, 15) is 4.79 Å². The Morgan fingerprint density at radius 1 is 1.77 bits per heavy atom. The molecule has 0 unspecified atom stereocenters. The van der Waals surface area contributed by atoms with Crippen LogP contribution >= 0.6 is 11.3 Å². The van der Waals surface area contributed by atoms with Crippen LogP contribution in [0.25, 0.3) is 0 Å². The summed E-state index contributed by atoms with van der Waals surface area (Å²) in [6.45, 7) is 2.58. The summed E-state index contributed by atoms with van der Waals surface area (Å²) in [5.74, 6) is 0.169. The summed E-state index contributed by atoms with van der Waals surface area (Å²) in [5, 5.41) is 5.78. The fourth-order valence-electron chi connectivity index (χ4n) is 1.12. The normalized spacial score (nSPS) is 18.2. The lowest BCUT2D eigenvalue weighted by Crippen LogP contribution is -2.29. The maximum atomic E-state index is 11.5. The fourth-order valence-corrected chi connectivity index (χ4v) is 1.68. The van der Waals surface area contributed by atoms with Crippen LogP contribution in [0.1, 0.15) is 24.8 Å². The number of hydrogen-bond acceptors (Lipinski definition) is 3. The van der Waals surface area contributed by atoms with Gasteiger partial charge in [-0.2, -0.15) is 0 Å². The highest BCUT2D eigenvalue weighted by Gasteiger charge is 2.44. The van der Waals surface area contributed by atoms with Gasteiger partial charge in [0, 0.05) is 17.0 Å². The molecule has 13 heavy (non-hydrogen) atoms. The highest BCUT2D eigenvalue weighted by Crippen LogP contribution is 2.44. The first-order chi connectivity index (χ1) is 6.21. The lowest BCUT2D eigenvalue weighted by atomic mass is 10.1. The van der Waals surface area contributed by atoms with Gasteiger partial charge in [0.15, 0.2) is 0 Å². The Kier molecular flexibility index (Phi) is 2.07. The summed E-state index contributed by atoms with van der Waals surface area (Å²) in [6.07, 6.45) is 3.80. The van der Waals surface area contributed by atoms with Gasteiger partial charge in [-0.3, -0.25) is 4.79 Å². The van der Waals surface area contributed by atoms with E-state index < -0.39 is 0 Å². The number of carbonyl (C=O) groups excluding carboxylic acids is 1. The van der Waals surface area contributed by atoms with E-state index >= 15 is 0 Å². The first-order valence-electron chi connectivity index (χ1n) is 4.37. The van der Waals surface area contributed by atoms with Crippen LogP contribution in [-0.4, -0.2) is 10.9 Å². The fraction of sp³-hybridized carbons (Fsp3) is 0.556. The second-order valence-corrected chi connectivity index (χ2v) is 4.65. The molecule has 0 aliphatic heterocycles. The van der Waals surface area contributed by atoms with E-state index in [4.69, 9.17) is 0 Å². The van der Waals surface area contributed by atoms with E-state index in [-0.39, 0.29) is 11.3 Å². The molecule has 4 heteroatoms. The largest absolute Gasteiger partial charge is 0.349 e. The minimum Gasteiger partial charge on any atom is -0.349 e. The van der Waals surface area contributed by atoms with E-state index in [1.807, 2.05) is 12.3 Å². The highest BCUT2D eigenvalue weighted by molar-refractivity contribution is 7.09. The van der Waals surface area contributed by atoms with Gasteiger partial charge in [-0.15, -0.1) is 11.3 Å². The SMILES string of the molecule is CC1(C(=O)NCc2nccs2)CC1. The van der Waals surface area contributed by atoms with Gasteiger partial charge in [-0.1, -0.05) is 6.92 Å². The first kappa shape index (κ1) is 8.69. The lowest BCUT2D eigenvalue weighted by molar-refractivity contribution is -0.125. The number of nitrogens with one attached hydrogen (secondary N) is 1. The highest BCUT2D eigenvalue weighted by atomic mass is 32.1. The van der Waals surface area contributed by atoms with Crippen LogP contribution in [0.3, 0.4) is 0 Å². The molecule has 0 bridgehead atoms. The number of hydrogen-bond donors (Lipinski definition) is 1. The lowest BCUT2D eigenvalue weighted by Gasteiger charge is -2.07. The Morgan fingerprint density at radius 2 is 2.54 bits per heavy atom. The zero-order chi connectivity index (χ0) is 9.31. The van der Waals surface area contributed by atoms with E-state index in [0.29, 0.717) is 6.54 Å². The quantitative estimate of drug-likeness (QED) is 0.797. The molecule has 0 atom stereocenters. The molecule has 1 heterocycles. The van der Waals surface area contributed by atoms with Crippen molar-refractivity contribution in [2.24, 2.45) is 5.41 Å². The third kappa shape index (κ3) is 1.88. The summed E-state index contributed by atoms with van der Waals surface area (Å²) in [5.41, 5.74) is -0.0722. The Balaban J connectivity index is 1.83. The van der Waals surface area contributed by atoms with Crippen molar-refractivity contribution in [2.75, 3.05) is 0 Å². The van der Waals surface area contributed by atoms with Gasteiger partial charge in [0.2, 0.25) is 5.91 Å². The number of thiazole rings is 1. The molecule has 70 valence electrons. The molecule has 0 radical (unpaired) electrons. The van der Waals surface area contributed by atoms with Crippen molar-refractivity contribution in [1.29, 1.82) is 0 Å². The molecule has 1 aliphatic carbocycles. The number of rotatable bonds is 3. The average molecular weight is 196 g/mol. The van der Waals surface area contributed by atoms with Gasteiger partial charge < -0.3 is 5.32 Å². The molecule has 0 aromatic carbocycles. The van der Waals surface area contributed by atoms with Gasteiger partial charge in [0.05, 0.1) is 6.54 Å². The zero-order valence-corrected chi connectivity index (χ0v) is 8.36. The topological polar surface area (TPSA) is 42.0 Å². The van der Waals surface area contributed by atoms with Crippen molar-refractivity contribution in [2.45, 2.75) is 26.3 Å². The predicted octanol–water partition coefficient (Wildman–Crippen LogP) is 1.56. The third-order valence-corrected chi connectivity index (χ3v) is 3.21. The minimum absolute atomic E-state index is 0.0722. The van der Waals surface area contributed by atoms with Crippen LogP contribution < -0.4 is 5.32 Å². The summed E-state index contributed by atoms with van der Waals surface area (Å²) >= 11 is 1.57. The number of nitrogens with zero attached hydrogens (tertiary/aromatic N) is 1. The molecule has 1 fully saturated rings. The maximum absolute atomic E-state index is 11.5. The van der Waals surface area contributed by atoms with Crippen LogP contribution in [0, 0.1) is 5.41 Å². The van der Waals surface area contributed by atoms with Crippen LogP contribution in [0.4, 0.5) is 0 Å². The summed E-state index contributed by atoms with van der Waals surface area (Å²) in [7, 11) is 0. The van der Waals surface area contributed by atoms with Crippen molar-refractivity contribution in [3.63, 3.8) is 0 Å². The standard InChI is InChI=1S/C9H12N2OS/c1-9(2-3-9)8(12)11-6-7-10-4-5-13-7/h4-5H,2-3,6H2,1H3,(H,11,12). The molecule has 2 rings (SSSR count). The molecule has 0 saturated heterocycles. The summed E-state index contributed by atoms with van der Waals surface area (Å²) < 4.78 is 0. The van der Waals surface area contributed by atoms with Gasteiger partial charge in [0.1, 0.15) is 5.01 Å². The monoisotopic (exact) mass is 196 g/mol. The van der Waals surface area contributed by atoms with Gasteiger partial charge in [-0.25, -0.2) is 4.98 Å². The van der Waals surface area contributed by atoms with Crippen LogP contribution in [0.5, 0.6) is 0 Å². The van der Waals surface area contributed by atoms with Crippen molar-refractivity contribution in [1.82, 2.24) is 10.3 Å². The smallest absolute Gasteiger partial charge is 0.226 e.